The summed E-state index contributed by atoms with van der Waals surface area (Å²) < 4.78 is 40.1. The van der Waals surface area contributed by atoms with Gasteiger partial charge in [-0.25, -0.2) is 9.69 Å². The summed E-state index contributed by atoms with van der Waals surface area (Å²) in [6, 6.07) is 0. The maximum atomic E-state index is 12.8. The van der Waals surface area contributed by atoms with Crippen LogP contribution in [0.15, 0.2) is 0 Å². The lowest BCUT2D eigenvalue weighted by Gasteiger charge is -2.36. The zero-order valence-corrected chi connectivity index (χ0v) is 21.0. The molecule has 1 aliphatic rings. The van der Waals surface area contributed by atoms with Gasteiger partial charge < -0.3 is 9.16 Å². The van der Waals surface area contributed by atoms with Gasteiger partial charge in [-0.2, -0.15) is 8.42 Å². The van der Waals surface area contributed by atoms with E-state index in [1.54, 1.807) is 20.8 Å². The quantitative estimate of drug-likeness (QED) is 0.431. The Morgan fingerprint density at radius 1 is 1.21 bits per heavy atom. The molecule has 8 nitrogen and oxygen atoms in total. The minimum atomic E-state index is -3.78. The molecule has 0 radical (unpaired) electrons. The van der Waals surface area contributed by atoms with Crippen molar-refractivity contribution < 1.29 is 31.4 Å². The Balaban J connectivity index is 2.88. The highest BCUT2D eigenvalue weighted by atomic mass is 32.2. The van der Waals surface area contributed by atoms with E-state index in [0.29, 0.717) is 6.42 Å². The van der Waals surface area contributed by atoms with E-state index >= 15 is 0 Å². The molecule has 0 bridgehead atoms. The molecular weight excluding hydrogens is 414 g/mol. The van der Waals surface area contributed by atoms with Crippen molar-refractivity contribution in [3.63, 3.8) is 0 Å². The molecule has 0 aromatic rings. The molecule has 1 saturated heterocycles. The van der Waals surface area contributed by atoms with E-state index in [1.807, 2.05) is 0 Å². The number of carbonyl (C=O) groups excluding carboxylic acids is 2. The number of amides is 2. The highest BCUT2D eigenvalue weighted by Gasteiger charge is 2.44. The lowest BCUT2D eigenvalue weighted by atomic mass is 9.99. The Bertz CT molecular complexity index is 707. The van der Waals surface area contributed by atoms with E-state index in [-0.39, 0.29) is 24.6 Å². The van der Waals surface area contributed by atoms with Gasteiger partial charge in [-0.1, -0.05) is 20.8 Å². The number of imide groups is 1. The van der Waals surface area contributed by atoms with Crippen LogP contribution in [0.1, 0.15) is 54.4 Å². The Labute approximate surface area is 176 Å². The van der Waals surface area contributed by atoms with Gasteiger partial charge in [0.15, 0.2) is 8.32 Å². The van der Waals surface area contributed by atoms with E-state index in [0.717, 1.165) is 11.2 Å². The van der Waals surface area contributed by atoms with E-state index in [4.69, 9.17) is 13.3 Å². The Morgan fingerprint density at radius 3 is 2.21 bits per heavy atom. The SMILES string of the molecule is CC(C)(C)OC(=O)N1CCC(C(CCO[Si](C)(C)C(C)(C)C)OS(C)(=O)=O)C1=O. The Kier molecular flexibility index (Phi) is 8.12. The molecule has 1 fully saturated rings. The molecule has 10 heteroatoms. The molecule has 2 unspecified atom stereocenters. The summed E-state index contributed by atoms with van der Waals surface area (Å²) in [7, 11) is -5.80. The van der Waals surface area contributed by atoms with Crippen molar-refractivity contribution in [3.05, 3.63) is 0 Å². The van der Waals surface area contributed by atoms with Crippen LogP contribution in [0.3, 0.4) is 0 Å². The first kappa shape index (κ1) is 26.1. The van der Waals surface area contributed by atoms with Crippen molar-refractivity contribution in [2.75, 3.05) is 19.4 Å². The van der Waals surface area contributed by atoms with Gasteiger partial charge in [-0.05, 0) is 51.7 Å². The number of nitrogens with zero attached hydrogens (tertiary/aromatic N) is 1. The van der Waals surface area contributed by atoms with E-state index < -0.39 is 48.1 Å². The molecule has 29 heavy (non-hydrogen) atoms. The molecule has 0 aromatic heterocycles. The molecule has 1 heterocycles. The molecule has 2 amide bonds. The minimum Gasteiger partial charge on any atom is -0.443 e. The van der Waals surface area contributed by atoms with Crippen LogP contribution in [0, 0.1) is 5.92 Å². The molecule has 1 aliphatic heterocycles. The van der Waals surface area contributed by atoms with Crippen molar-refractivity contribution in [3.8, 4) is 0 Å². The molecule has 1 rings (SSSR count). The standard InChI is InChI=1S/C19H37NO7SSi/c1-18(2,3)26-17(22)20-12-10-14(16(20)21)15(27-28(7,23)24)11-13-25-29(8,9)19(4,5)6/h14-15H,10-13H2,1-9H3. The minimum absolute atomic E-state index is 0.0108. The summed E-state index contributed by atoms with van der Waals surface area (Å²) in [5.41, 5.74) is -0.727. The molecule has 0 N–H and O–H groups in total. The van der Waals surface area contributed by atoms with Crippen LogP contribution in [-0.2, 0) is 28.3 Å². The van der Waals surface area contributed by atoms with E-state index in [1.165, 1.54) is 0 Å². The van der Waals surface area contributed by atoms with E-state index in [9.17, 15) is 18.0 Å². The van der Waals surface area contributed by atoms with Gasteiger partial charge in [0, 0.05) is 13.2 Å². The van der Waals surface area contributed by atoms with Gasteiger partial charge >= 0.3 is 6.09 Å². The molecule has 0 spiro atoms. The lowest BCUT2D eigenvalue weighted by Crippen LogP contribution is -2.43. The second-order valence-electron chi connectivity index (χ2n) is 10.1. The molecular formula is C19H37NO7SSi. The summed E-state index contributed by atoms with van der Waals surface area (Å²) in [5.74, 6) is -1.21. The molecule has 2 atom stereocenters. The average Bonchev–Trinajstić information content (AvgIpc) is 2.83. The summed E-state index contributed by atoms with van der Waals surface area (Å²) in [4.78, 5) is 26.1. The van der Waals surface area contributed by atoms with Crippen LogP contribution >= 0.6 is 0 Å². The monoisotopic (exact) mass is 451 g/mol. The van der Waals surface area contributed by atoms with Gasteiger partial charge in [0.25, 0.3) is 10.1 Å². The van der Waals surface area contributed by atoms with Gasteiger partial charge in [-0.15, -0.1) is 0 Å². The fourth-order valence-electron chi connectivity index (χ4n) is 2.73. The summed E-state index contributed by atoms with van der Waals surface area (Å²) >= 11 is 0. The lowest BCUT2D eigenvalue weighted by molar-refractivity contribution is -0.132. The van der Waals surface area contributed by atoms with Crippen molar-refractivity contribution in [1.82, 2.24) is 4.90 Å². The zero-order valence-electron chi connectivity index (χ0n) is 19.2. The fourth-order valence-corrected chi connectivity index (χ4v) is 4.47. The van der Waals surface area contributed by atoms with Crippen molar-refractivity contribution in [2.45, 2.75) is 84.2 Å². The predicted octanol–water partition coefficient (Wildman–Crippen LogP) is 3.53. The largest absolute Gasteiger partial charge is 0.443 e. The Hall–Kier alpha value is -0.973. The molecule has 170 valence electrons. The third-order valence-corrected chi connectivity index (χ3v) is 10.4. The average molecular weight is 452 g/mol. The summed E-state index contributed by atoms with van der Waals surface area (Å²) in [5, 5.41) is 0.0108. The number of rotatable bonds is 7. The van der Waals surface area contributed by atoms with Gasteiger partial charge in [-0.3, -0.25) is 8.98 Å². The number of hydrogen-bond acceptors (Lipinski definition) is 7. The van der Waals surface area contributed by atoms with Crippen molar-refractivity contribution in [2.24, 2.45) is 5.92 Å². The highest BCUT2D eigenvalue weighted by molar-refractivity contribution is 7.86. The number of likely N-dealkylation sites (tertiary alicyclic amines) is 1. The van der Waals surface area contributed by atoms with Crippen LogP contribution in [0.4, 0.5) is 4.79 Å². The topological polar surface area (TPSA) is 99.2 Å². The number of carbonyl (C=O) groups is 2. The van der Waals surface area contributed by atoms with Crippen LogP contribution in [0.25, 0.3) is 0 Å². The zero-order chi connectivity index (χ0) is 22.8. The van der Waals surface area contributed by atoms with Crippen LogP contribution in [-0.4, -0.2) is 64.7 Å². The third kappa shape index (κ3) is 7.99. The normalized spacial score (nSPS) is 20.1. The van der Waals surface area contributed by atoms with Gasteiger partial charge in [0.05, 0.1) is 18.3 Å². The molecule has 0 saturated carbocycles. The fraction of sp³-hybridized carbons (Fsp3) is 0.895. The summed E-state index contributed by atoms with van der Waals surface area (Å²) in [6.45, 7) is 16.2. The highest BCUT2D eigenvalue weighted by Crippen LogP contribution is 2.37. The van der Waals surface area contributed by atoms with Crippen LogP contribution in [0.5, 0.6) is 0 Å². The van der Waals surface area contributed by atoms with Gasteiger partial charge in [0.1, 0.15) is 5.60 Å². The third-order valence-electron chi connectivity index (χ3n) is 5.28. The first-order chi connectivity index (χ1) is 12.8. The molecule has 0 aromatic carbocycles. The summed E-state index contributed by atoms with van der Waals surface area (Å²) in [6.07, 6.45) is -0.0775. The maximum Gasteiger partial charge on any atom is 0.417 e. The second-order valence-corrected chi connectivity index (χ2v) is 16.5. The first-order valence-corrected chi connectivity index (χ1v) is 14.6. The maximum absolute atomic E-state index is 12.8. The van der Waals surface area contributed by atoms with Crippen LogP contribution < -0.4 is 0 Å². The van der Waals surface area contributed by atoms with Gasteiger partial charge in [0.2, 0.25) is 5.91 Å². The van der Waals surface area contributed by atoms with Crippen LogP contribution in [0.2, 0.25) is 18.1 Å². The number of ether oxygens (including phenoxy) is 1. The smallest absolute Gasteiger partial charge is 0.417 e. The Morgan fingerprint density at radius 2 is 1.76 bits per heavy atom. The van der Waals surface area contributed by atoms with Crippen molar-refractivity contribution >= 4 is 30.4 Å². The number of hydrogen-bond donors (Lipinski definition) is 0. The first-order valence-electron chi connectivity index (χ1n) is 9.91. The van der Waals surface area contributed by atoms with Crippen molar-refractivity contribution in [1.29, 1.82) is 0 Å². The molecule has 0 aliphatic carbocycles. The second kappa shape index (κ2) is 9.03. The van der Waals surface area contributed by atoms with E-state index in [2.05, 4.69) is 33.9 Å². The predicted molar refractivity (Wildman–Crippen MR) is 114 cm³/mol.